The molecule has 1 aromatic carbocycles. The number of aromatic nitrogens is 2. The van der Waals surface area contributed by atoms with Crippen molar-refractivity contribution in [1.82, 2.24) is 14.7 Å². The summed E-state index contributed by atoms with van der Waals surface area (Å²) < 4.78 is 7.97. The first-order valence-corrected chi connectivity index (χ1v) is 9.08. The molecule has 2 atom stereocenters. The topological polar surface area (TPSA) is 55.6 Å². The third kappa shape index (κ3) is 3.29. The SMILES string of the molecule is Cc1cc(C)n2ccc(C(=O)NC3CCC(Oc4ccccc4)C3)c2n1. The smallest absolute Gasteiger partial charge is 0.255 e. The van der Waals surface area contributed by atoms with Gasteiger partial charge in [-0.15, -0.1) is 0 Å². The van der Waals surface area contributed by atoms with Crippen LogP contribution in [-0.2, 0) is 0 Å². The van der Waals surface area contributed by atoms with Crippen molar-refractivity contribution in [2.45, 2.75) is 45.3 Å². The molecular weight excluding hydrogens is 326 g/mol. The zero-order valence-corrected chi connectivity index (χ0v) is 15.1. The molecule has 0 saturated heterocycles. The van der Waals surface area contributed by atoms with Gasteiger partial charge in [0.2, 0.25) is 0 Å². The van der Waals surface area contributed by atoms with E-state index in [1.54, 1.807) is 0 Å². The summed E-state index contributed by atoms with van der Waals surface area (Å²) in [6, 6.07) is 13.8. The lowest BCUT2D eigenvalue weighted by molar-refractivity contribution is 0.0936. The molecule has 2 aromatic heterocycles. The maximum atomic E-state index is 12.8. The molecule has 0 bridgehead atoms. The minimum absolute atomic E-state index is 0.0599. The Morgan fingerprint density at radius 2 is 2.00 bits per heavy atom. The second-order valence-electron chi connectivity index (χ2n) is 7.00. The third-order valence-corrected chi connectivity index (χ3v) is 4.95. The van der Waals surface area contributed by atoms with Crippen LogP contribution < -0.4 is 10.1 Å². The average molecular weight is 349 g/mol. The number of amides is 1. The van der Waals surface area contributed by atoms with E-state index in [0.29, 0.717) is 5.56 Å². The second-order valence-corrected chi connectivity index (χ2v) is 7.00. The molecule has 0 aliphatic heterocycles. The lowest BCUT2D eigenvalue weighted by Gasteiger charge is -2.15. The molecule has 5 heteroatoms. The molecule has 2 unspecified atom stereocenters. The van der Waals surface area contributed by atoms with E-state index in [4.69, 9.17) is 4.74 Å². The van der Waals surface area contributed by atoms with E-state index in [0.717, 1.165) is 42.0 Å². The first kappa shape index (κ1) is 16.6. The minimum Gasteiger partial charge on any atom is -0.490 e. The highest BCUT2D eigenvalue weighted by Gasteiger charge is 2.28. The van der Waals surface area contributed by atoms with Gasteiger partial charge in [0.15, 0.2) is 0 Å². The predicted molar refractivity (Wildman–Crippen MR) is 101 cm³/mol. The van der Waals surface area contributed by atoms with Gasteiger partial charge < -0.3 is 14.5 Å². The van der Waals surface area contributed by atoms with Crippen molar-refractivity contribution in [1.29, 1.82) is 0 Å². The Morgan fingerprint density at radius 3 is 2.81 bits per heavy atom. The third-order valence-electron chi connectivity index (χ3n) is 4.95. The van der Waals surface area contributed by atoms with Crippen LogP contribution in [0.25, 0.3) is 5.65 Å². The van der Waals surface area contributed by atoms with Crippen LogP contribution in [-0.4, -0.2) is 27.4 Å². The molecular formula is C21H23N3O2. The van der Waals surface area contributed by atoms with Gasteiger partial charge in [-0.3, -0.25) is 4.79 Å². The number of benzene rings is 1. The molecule has 1 amide bonds. The fraction of sp³-hybridized carbons (Fsp3) is 0.333. The fourth-order valence-corrected chi connectivity index (χ4v) is 3.70. The van der Waals surface area contributed by atoms with E-state index in [-0.39, 0.29) is 18.1 Å². The standard InChI is InChI=1S/C21H23N3O2/c1-14-12-15(2)24-11-10-19(20(24)22-14)21(25)23-16-8-9-18(13-16)26-17-6-4-3-5-7-17/h3-7,10-12,16,18H,8-9,13H2,1-2H3,(H,23,25). The van der Waals surface area contributed by atoms with Crippen LogP contribution >= 0.6 is 0 Å². The zero-order chi connectivity index (χ0) is 18.1. The largest absolute Gasteiger partial charge is 0.490 e. The van der Waals surface area contributed by atoms with Crippen molar-refractivity contribution >= 4 is 11.6 Å². The number of carbonyl (C=O) groups is 1. The Labute approximate surface area is 153 Å². The number of ether oxygens (including phenoxy) is 1. The van der Waals surface area contributed by atoms with Gasteiger partial charge in [-0.25, -0.2) is 4.98 Å². The molecule has 1 aliphatic carbocycles. The van der Waals surface area contributed by atoms with Crippen molar-refractivity contribution in [3.8, 4) is 5.75 Å². The zero-order valence-electron chi connectivity index (χ0n) is 15.1. The number of nitrogens with zero attached hydrogens (tertiary/aromatic N) is 2. The molecule has 0 spiro atoms. The maximum Gasteiger partial charge on any atom is 0.255 e. The first-order valence-electron chi connectivity index (χ1n) is 9.08. The van der Waals surface area contributed by atoms with Crippen molar-refractivity contribution in [3.05, 3.63) is 65.6 Å². The Morgan fingerprint density at radius 1 is 1.19 bits per heavy atom. The van der Waals surface area contributed by atoms with Crippen LogP contribution in [0.5, 0.6) is 5.75 Å². The molecule has 0 radical (unpaired) electrons. The maximum absolute atomic E-state index is 12.8. The highest BCUT2D eigenvalue weighted by atomic mass is 16.5. The fourth-order valence-electron chi connectivity index (χ4n) is 3.70. The van der Waals surface area contributed by atoms with E-state index in [2.05, 4.69) is 10.3 Å². The molecule has 26 heavy (non-hydrogen) atoms. The van der Waals surface area contributed by atoms with E-state index >= 15 is 0 Å². The van der Waals surface area contributed by atoms with Crippen LogP contribution in [0.3, 0.4) is 0 Å². The van der Waals surface area contributed by atoms with E-state index in [1.165, 1.54) is 0 Å². The van der Waals surface area contributed by atoms with Gasteiger partial charge in [-0.2, -0.15) is 0 Å². The highest BCUT2D eigenvalue weighted by Crippen LogP contribution is 2.25. The Hall–Kier alpha value is -2.82. The summed E-state index contributed by atoms with van der Waals surface area (Å²) in [6.07, 6.45) is 4.77. The van der Waals surface area contributed by atoms with Crippen LogP contribution in [0.15, 0.2) is 48.7 Å². The summed E-state index contributed by atoms with van der Waals surface area (Å²) in [5, 5.41) is 3.16. The second kappa shape index (κ2) is 6.83. The number of hydrogen-bond donors (Lipinski definition) is 1. The molecule has 1 N–H and O–H groups in total. The predicted octanol–water partition coefficient (Wildman–Crippen LogP) is 3.68. The normalized spacial score (nSPS) is 19.6. The number of carbonyl (C=O) groups excluding carboxylic acids is 1. The quantitative estimate of drug-likeness (QED) is 0.782. The van der Waals surface area contributed by atoms with Crippen LogP contribution in [0, 0.1) is 13.8 Å². The Bertz CT molecular complexity index is 933. The number of rotatable bonds is 4. The minimum atomic E-state index is -0.0599. The molecule has 134 valence electrons. The molecule has 1 fully saturated rings. The lowest BCUT2D eigenvalue weighted by Crippen LogP contribution is -2.33. The van der Waals surface area contributed by atoms with Crippen LogP contribution in [0.1, 0.15) is 41.0 Å². The molecule has 5 nitrogen and oxygen atoms in total. The van der Waals surface area contributed by atoms with Gasteiger partial charge in [-0.1, -0.05) is 18.2 Å². The molecule has 4 rings (SSSR count). The monoisotopic (exact) mass is 349 g/mol. The number of hydrogen-bond acceptors (Lipinski definition) is 3. The summed E-state index contributed by atoms with van der Waals surface area (Å²) in [6.45, 7) is 3.97. The Kier molecular flexibility index (Phi) is 4.37. The molecule has 1 saturated carbocycles. The van der Waals surface area contributed by atoms with Gasteiger partial charge in [0, 0.05) is 30.0 Å². The van der Waals surface area contributed by atoms with Crippen molar-refractivity contribution in [2.75, 3.05) is 0 Å². The van der Waals surface area contributed by atoms with Crippen LogP contribution in [0.2, 0.25) is 0 Å². The molecule has 2 heterocycles. The van der Waals surface area contributed by atoms with Gasteiger partial charge in [0.25, 0.3) is 5.91 Å². The van der Waals surface area contributed by atoms with Crippen molar-refractivity contribution in [2.24, 2.45) is 0 Å². The van der Waals surface area contributed by atoms with Gasteiger partial charge in [-0.05, 0) is 51.0 Å². The average Bonchev–Trinajstić information content (AvgIpc) is 3.22. The number of para-hydroxylation sites is 1. The van der Waals surface area contributed by atoms with Gasteiger partial charge in [0.05, 0.1) is 5.56 Å². The van der Waals surface area contributed by atoms with Crippen molar-refractivity contribution < 1.29 is 9.53 Å². The van der Waals surface area contributed by atoms with E-state index in [1.807, 2.05) is 66.9 Å². The molecule has 1 aliphatic rings. The highest BCUT2D eigenvalue weighted by molar-refractivity contribution is 6.00. The summed E-state index contributed by atoms with van der Waals surface area (Å²) in [5.41, 5.74) is 3.34. The summed E-state index contributed by atoms with van der Waals surface area (Å²) in [5.74, 6) is 0.827. The Balaban J connectivity index is 1.43. The lowest BCUT2D eigenvalue weighted by atomic mass is 10.2. The summed E-state index contributed by atoms with van der Waals surface area (Å²) >= 11 is 0. The first-order chi connectivity index (χ1) is 12.6. The summed E-state index contributed by atoms with van der Waals surface area (Å²) in [4.78, 5) is 17.3. The number of fused-ring (bicyclic) bond motifs is 1. The molecule has 3 aromatic rings. The summed E-state index contributed by atoms with van der Waals surface area (Å²) in [7, 11) is 0. The van der Waals surface area contributed by atoms with Gasteiger partial charge in [0.1, 0.15) is 17.5 Å². The van der Waals surface area contributed by atoms with E-state index < -0.39 is 0 Å². The van der Waals surface area contributed by atoms with Crippen molar-refractivity contribution in [3.63, 3.8) is 0 Å². The van der Waals surface area contributed by atoms with Crippen LogP contribution in [0.4, 0.5) is 0 Å². The number of nitrogens with one attached hydrogen (secondary N) is 1. The van der Waals surface area contributed by atoms with Gasteiger partial charge >= 0.3 is 0 Å². The number of aryl methyl sites for hydroxylation is 2. The van der Waals surface area contributed by atoms with E-state index in [9.17, 15) is 4.79 Å².